The van der Waals surface area contributed by atoms with Crippen LogP contribution in [0, 0.1) is 0 Å². The van der Waals surface area contributed by atoms with Crippen LogP contribution in [0.1, 0.15) is 34.3 Å². The normalized spacial score (nSPS) is 17.0. The average Bonchev–Trinajstić information content (AvgIpc) is 2.67. The maximum absolute atomic E-state index is 12.3. The summed E-state index contributed by atoms with van der Waals surface area (Å²) in [6.45, 7) is 1.89. The lowest BCUT2D eigenvalue weighted by atomic mass is 9.68. The average molecular weight is 416 g/mol. The van der Waals surface area contributed by atoms with Crippen LogP contribution in [0.3, 0.4) is 0 Å². The Morgan fingerprint density at radius 2 is 1.66 bits per heavy atom. The van der Waals surface area contributed by atoms with E-state index < -0.39 is 10.0 Å². The molecular weight excluding hydrogens is 386 g/mol. The zero-order valence-electron chi connectivity index (χ0n) is 17.5. The Kier molecular flexibility index (Phi) is 6.00. The van der Waals surface area contributed by atoms with Crippen LogP contribution in [0.2, 0.25) is 0 Å². The molecule has 1 saturated heterocycles. The molecule has 1 heterocycles. The Morgan fingerprint density at radius 3 is 2.21 bits per heavy atom. The Hall–Kier alpha value is -2.38. The van der Waals surface area contributed by atoms with Gasteiger partial charge < -0.3 is 9.80 Å². The van der Waals surface area contributed by atoms with Gasteiger partial charge in [0.2, 0.25) is 10.0 Å². The maximum Gasteiger partial charge on any atom is 0.253 e. The third kappa shape index (κ3) is 4.79. The zero-order valence-corrected chi connectivity index (χ0v) is 18.3. The number of amides is 1. The first kappa shape index (κ1) is 21.3. The second-order valence-corrected chi connectivity index (χ2v) is 9.87. The molecule has 0 unspecified atom stereocenters. The van der Waals surface area contributed by atoms with Crippen LogP contribution in [-0.2, 0) is 15.4 Å². The number of carbonyl (C=O) groups is 1. The topological polar surface area (TPSA) is 69.7 Å². The van der Waals surface area contributed by atoms with E-state index in [0.717, 1.165) is 43.3 Å². The summed E-state index contributed by atoms with van der Waals surface area (Å²) in [5, 5.41) is 0. The summed E-state index contributed by atoms with van der Waals surface area (Å²) in [6.07, 6.45) is 3.01. The van der Waals surface area contributed by atoms with Gasteiger partial charge in [0.25, 0.3) is 5.91 Å². The molecule has 1 aliphatic rings. The van der Waals surface area contributed by atoms with Crippen LogP contribution < -0.4 is 4.72 Å². The van der Waals surface area contributed by atoms with E-state index in [1.807, 2.05) is 36.4 Å². The monoisotopic (exact) mass is 415 g/mol. The number of piperidine rings is 1. The first-order valence-corrected chi connectivity index (χ1v) is 11.6. The van der Waals surface area contributed by atoms with Crippen molar-refractivity contribution < 1.29 is 13.2 Å². The van der Waals surface area contributed by atoms with Crippen molar-refractivity contribution in [2.75, 3.05) is 45.2 Å². The third-order valence-electron chi connectivity index (χ3n) is 5.65. The number of anilines is 1. The molecule has 0 aliphatic carbocycles. The van der Waals surface area contributed by atoms with Gasteiger partial charge in [-0.15, -0.1) is 0 Å². The van der Waals surface area contributed by atoms with Crippen LogP contribution in [0.4, 0.5) is 5.69 Å². The van der Waals surface area contributed by atoms with E-state index in [1.54, 1.807) is 25.1 Å². The molecule has 7 heteroatoms. The van der Waals surface area contributed by atoms with Gasteiger partial charge in [0.1, 0.15) is 0 Å². The van der Waals surface area contributed by atoms with Crippen LogP contribution >= 0.6 is 0 Å². The number of nitrogens with zero attached hydrogens (tertiary/aromatic N) is 2. The van der Waals surface area contributed by atoms with Crippen LogP contribution in [0.15, 0.2) is 48.5 Å². The van der Waals surface area contributed by atoms with Gasteiger partial charge in [-0.3, -0.25) is 9.52 Å². The minimum Gasteiger partial charge on any atom is -0.345 e. The number of likely N-dealkylation sites (tertiary alicyclic amines) is 1. The molecule has 1 amide bonds. The molecule has 3 rings (SSSR count). The molecule has 6 nitrogen and oxygen atoms in total. The second-order valence-electron chi connectivity index (χ2n) is 8.12. The Balaban J connectivity index is 2.03. The zero-order chi connectivity index (χ0) is 21.2. The third-order valence-corrected chi connectivity index (χ3v) is 6.26. The van der Waals surface area contributed by atoms with Crippen molar-refractivity contribution in [1.29, 1.82) is 0 Å². The smallest absolute Gasteiger partial charge is 0.253 e. The molecule has 0 bridgehead atoms. The largest absolute Gasteiger partial charge is 0.345 e. The van der Waals surface area contributed by atoms with Gasteiger partial charge in [0, 0.05) is 30.8 Å². The van der Waals surface area contributed by atoms with E-state index in [4.69, 9.17) is 0 Å². The van der Waals surface area contributed by atoms with E-state index in [0.29, 0.717) is 11.3 Å². The Bertz CT molecular complexity index is 977. The van der Waals surface area contributed by atoms with Gasteiger partial charge in [0.05, 0.1) is 6.26 Å². The molecule has 0 aromatic heterocycles. The Morgan fingerprint density at radius 1 is 1.03 bits per heavy atom. The number of hydrogen-bond acceptors (Lipinski definition) is 4. The van der Waals surface area contributed by atoms with E-state index in [1.165, 1.54) is 0 Å². The fourth-order valence-electron chi connectivity index (χ4n) is 4.03. The highest BCUT2D eigenvalue weighted by molar-refractivity contribution is 7.92. The highest BCUT2D eigenvalue weighted by Crippen LogP contribution is 2.42. The standard InChI is InChI=1S/C22H29N3O3S/c1-24(2)21(26)17-8-10-18(11-9-17)22(12-14-25(3)15-13-22)19-6-5-7-20(16-19)23-29(4,27)28/h5-11,16,23H,12-15H2,1-4H3. The van der Waals surface area contributed by atoms with Crippen LogP contribution in [-0.4, -0.2) is 64.6 Å². The summed E-state index contributed by atoms with van der Waals surface area (Å²) in [4.78, 5) is 16.1. The van der Waals surface area contributed by atoms with Crippen molar-refractivity contribution in [3.8, 4) is 0 Å². The van der Waals surface area contributed by atoms with Gasteiger partial charge in [0.15, 0.2) is 0 Å². The molecule has 0 spiro atoms. The van der Waals surface area contributed by atoms with Crippen molar-refractivity contribution in [1.82, 2.24) is 9.80 Å². The number of nitrogens with one attached hydrogen (secondary N) is 1. The van der Waals surface area contributed by atoms with E-state index in [9.17, 15) is 13.2 Å². The Labute approximate surface area is 173 Å². The molecule has 0 atom stereocenters. The van der Waals surface area contributed by atoms with Crippen molar-refractivity contribution in [2.24, 2.45) is 0 Å². The molecule has 0 radical (unpaired) electrons. The second kappa shape index (κ2) is 8.16. The number of benzene rings is 2. The predicted octanol–water partition coefficient (Wildman–Crippen LogP) is 2.77. The number of sulfonamides is 1. The van der Waals surface area contributed by atoms with Crippen molar-refractivity contribution in [3.63, 3.8) is 0 Å². The van der Waals surface area contributed by atoms with Gasteiger partial charge in [-0.1, -0.05) is 24.3 Å². The molecule has 1 fully saturated rings. The van der Waals surface area contributed by atoms with Crippen LogP contribution in [0.5, 0.6) is 0 Å². The lowest BCUT2D eigenvalue weighted by Crippen LogP contribution is -2.41. The number of hydrogen-bond donors (Lipinski definition) is 1. The van der Waals surface area contributed by atoms with E-state index in [-0.39, 0.29) is 11.3 Å². The van der Waals surface area contributed by atoms with Crippen molar-refractivity contribution in [2.45, 2.75) is 18.3 Å². The van der Waals surface area contributed by atoms with Gasteiger partial charge in [-0.25, -0.2) is 8.42 Å². The summed E-state index contributed by atoms with van der Waals surface area (Å²) in [5.74, 6) is -0.0201. The van der Waals surface area contributed by atoms with E-state index >= 15 is 0 Å². The van der Waals surface area contributed by atoms with Gasteiger partial charge in [-0.05, 0) is 68.4 Å². The minimum absolute atomic E-state index is 0.0201. The summed E-state index contributed by atoms with van der Waals surface area (Å²) < 4.78 is 26.0. The van der Waals surface area contributed by atoms with Crippen molar-refractivity contribution in [3.05, 3.63) is 65.2 Å². The molecule has 2 aromatic rings. The predicted molar refractivity (Wildman–Crippen MR) is 117 cm³/mol. The summed E-state index contributed by atoms with van der Waals surface area (Å²) >= 11 is 0. The molecule has 1 aliphatic heterocycles. The molecule has 1 N–H and O–H groups in total. The molecule has 2 aromatic carbocycles. The fraction of sp³-hybridized carbons (Fsp3) is 0.409. The highest BCUT2D eigenvalue weighted by Gasteiger charge is 2.37. The lowest BCUT2D eigenvalue weighted by molar-refractivity contribution is 0.0827. The fourth-order valence-corrected chi connectivity index (χ4v) is 4.58. The molecule has 156 valence electrons. The lowest BCUT2D eigenvalue weighted by Gasteiger charge is -2.42. The van der Waals surface area contributed by atoms with Crippen molar-refractivity contribution >= 4 is 21.6 Å². The summed E-state index contributed by atoms with van der Waals surface area (Å²) in [5.41, 5.74) is 3.25. The van der Waals surface area contributed by atoms with Gasteiger partial charge in [-0.2, -0.15) is 0 Å². The first-order valence-electron chi connectivity index (χ1n) is 9.70. The highest BCUT2D eigenvalue weighted by atomic mass is 32.2. The van der Waals surface area contributed by atoms with Gasteiger partial charge >= 0.3 is 0 Å². The molecule has 29 heavy (non-hydrogen) atoms. The van der Waals surface area contributed by atoms with Crippen LogP contribution in [0.25, 0.3) is 0 Å². The first-order chi connectivity index (χ1) is 13.6. The minimum atomic E-state index is -3.34. The molecular formula is C22H29N3O3S. The summed E-state index contributed by atoms with van der Waals surface area (Å²) in [7, 11) is 2.26. The SMILES string of the molecule is CN1CCC(c2ccc(C(=O)N(C)C)cc2)(c2cccc(NS(C)(=O)=O)c2)CC1. The molecule has 0 saturated carbocycles. The summed E-state index contributed by atoms with van der Waals surface area (Å²) in [6, 6.07) is 15.5. The maximum atomic E-state index is 12.3. The number of rotatable bonds is 5. The van der Waals surface area contributed by atoms with E-state index in [2.05, 4.69) is 22.7 Å². The quantitative estimate of drug-likeness (QED) is 0.815. The number of carbonyl (C=O) groups excluding carboxylic acids is 1.